The van der Waals surface area contributed by atoms with Crippen LogP contribution in [0.1, 0.15) is 24.2 Å². The number of halogens is 1. The van der Waals surface area contributed by atoms with Gasteiger partial charge in [-0.25, -0.2) is 4.98 Å². The van der Waals surface area contributed by atoms with Gasteiger partial charge in [-0.15, -0.1) is 0 Å². The van der Waals surface area contributed by atoms with Gasteiger partial charge in [-0.2, -0.15) is 5.26 Å². The van der Waals surface area contributed by atoms with Gasteiger partial charge in [0.2, 0.25) is 0 Å². The lowest BCUT2D eigenvalue weighted by molar-refractivity contribution is 0.752. The van der Waals surface area contributed by atoms with E-state index in [0.29, 0.717) is 10.6 Å². The van der Waals surface area contributed by atoms with Crippen LogP contribution in [-0.4, -0.2) is 9.55 Å². The number of nitrogens with two attached hydrogens (primary N) is 1. The lowest BCUT2D eigenvalue weighted by Gasteiger charge is -2.12. The molecule has 0 fully saturated rings. The molecule has 0 saturated carbocycles. The van der Waals surface area contributed by atoms with Crippen LogP contribution in [-0.2, 0) is 0 Å². The second-order valence-corrected chi connectivity index (χ2v) is 4.16. The predicted octanol–water partition coefficient (Wildman–Crippen LogP) is 2.42. The number of imidazole rings is 1. The maximum atomic E-state index is 8.78. The molecule has 1 unspecified atom stereocenters. The van der Waals surface area contributed by atoms with E-state index in [0.717, 1.165) is 11.4 Å². The molecule has 0 aliphatic heterocycles. The molecule has 2 rings (SSSR count). The third-order valence-corrected chi connectivity index (χ3v) is 2.77. The average molecular weight is 247 g/mol. The predicted molar refractivity (Wildman–Crippen MR) is 65.9 cm³/mol. The molecule has 17 heavy (non-hydrogen) atoms. The van der Waals surface area contributed by atoms with Gasteiger partial charge in [0.25, 0.3) is 0 Å². The molecule has 1 aromatic heterocycles. The van der Waals surface area contributed by atoms with Crippen LogP contribution in [0.5, 0.6) is 0 Å². The van der Waals surface area contributed by atoms with Gasteiger partial charge in [0, 0.05) is 6.04 Å². The summed E-state index contributed by atoms with van der Waals surface area (Å²) in [6, 6.07) is 7.04. The van der Waals surface area contributed by atoms with Crippen molar-refractivity contribution >= 4 is 11.6 Å². The van der Waals surface area contributed by atoms with Crippen molar-refractivity contribution in [3.63, 3.8) is 0 Å². The van der Waals surface area contributed by atoms with Crippen LogP contribution in [0.4, 0.5) is 0 Å². The zero-order chi connectivity index (χ0) is 12.4. The standard InChI is InChI=1S/C12H11ClN4/c1-8(15)12-6-16-7-17(12)11-3-2-9(5-14)4-10(11)13/h2-4,6-8H,15H2,1H3. The Morgan fingerprint density at radius 3 is 2.88 bits per heavy atom. The van der Waals surface area contributed by atoms with E-state index < -0.39 is 0 Å². The molecule has 0 spiro atoms. The van der Waals surface area contributed by atoms with Crippen molar-refractivity contribution in [1.82, 2.24) is 9.55 Å². The van der Waals surface area contributed by atoms with Crippen molar-refractivity contribution in [3.8, 4) is 11.8 Å². The van der Waals surface area contributed by atoms with Gasteiger partial charge in [0.15, 0.2) is 0 Å². The fourth-order valence-electron chi connectivity index (χ4n) is 1.62. The average Bonchev–Trinajstić information content (AvgIpc) is 2.77. The van der Waals surface area contributed by atoms with Crippen molar-refractivity contribution in [2.75, 3.05) is 0 Å². The summed E-state index contributed by atoms with van der Waals surface area (Å²) in [7, 11) is 0. The molecule has 0 bridgehead atoms. The molecule has 0 aliphatic carbocycles. The molecule has 1 atom stereocenters. The first kappa shape index (κ1) is 11.6. The van der Waals surface area contributed by atoms with Gasteiger partial charge < -0.3 is 10.3 Å². The van der Waals surface area contributed by atoms with E-state index in [2.05, 4.69) is 4.98 Å². The Kier molecular flexibility index (Phi) is 3.14. The third-order valence-electron chi connectivity index (χ3n) is 2.47. The van der Waals surface area contributed by atoms with Gasteiger partial charge in [0.05, 0.1) is 40.6 Å². The molecular formula is C12H11ClN4. The minimum atomic E-state index is -0.135. The number of nitrogens with zero attached hydrogens (tertiary/aromatic N) is 3. The first-order valence-electron chi connectivity index (χ1n) is 5.11. The van der Waals surface area contributed by atoms with Crippen LogP contribution in [0.2, 0.25) is 5.02 Å². The molecule has 1 aromatic carbocycles. The molecular weight excluding hydrogens is 236 g/mol. The number of nitriles is 1. The summed E-state index contributed by atoms with van der Waals surface area (Å²) < 4.78 is 1.83. The summed E-state index contributed by atoms with van der Waals surface area (Å²) in [4.78, 5) is 4.06. The molecule has 1 heterocycles. The zero-order valence-electron chi connectivity index (χ0n) is 9.26. The molecule has 0 amide bonds. The van der Waals surface area contributed by atoms with Crippen molar-refractivity contribution in [3.05, 3.63) is 47.0 Å². The normalized spacial score (nSPS) is 12.1. The van der Waals surface area contributed by atoms with Crippen molar-refractivity contribution in [2.24, 2.45) is 5.73 Å². The molecule has 2 N–H and O–H groups in total. The monoisotopic (exact) mass is 246 g/mol. The number of aromatic nitrogens is 2. The molecule has 4 nitrogen and oxygen atoms in total. The van der Waals surface area contributed by atoms with E-state index in [1.807, 2.05) is 17.6 Å². The van der Waals surface area contributed by atoms with Crippen LogP contribution >= 0.6 is 11.6 Å². The van der Waals surface area contributed by atoms with Crippen LogP contribution in [0.3, 0.4) is 0 Å². The largest absolute Gasteiger partial charge is 0.323 e. The van der Waals surface area contributed by atoms with E-state index in [1.165, 1.54) is 0 Å². The Hall–Kier alpha value is -1.83. The van der Waals surface area contributed by atoms with Crippen molar-refractivity contribution < 1.29 is 0 Å². The summed E-state index contributed by atoms with van der Waals surface area (Å²) in [5.41, 5.74) is 8.02. The first-order chi connectivity index (χ1) is 8.13. The fraction of sp³-hybridized carbons (Fsp3) is 0.167. The van der Waals surface area contributed by atoms with E-state index >= 15 is 0 Å². The zero-order valence-corrected chi connectivity index (χ0v) is 10.0. The third kappa shape index (κ3) is 2.16. The summed E-state index contributed by atoms with van der Waals surface area (Å²) in [5, 5.41) is 9.28. The maximum absolute atomic E-state index is 8.78. The van der Waals surface area contributed by atoms with Crippen molar-refractivity contribution in [1.29, 1.82) is 5.26 Å². The van der Waals surface area contributed by atoms with E-state index in [1.54, 1.807) is 30.7 Å². The van der Waals surface area contributed by atoms with Crippen molar-refractivity contribution in [2.45, 2.75) is 13.0 Å². The quantitative estimate of drug-likeness (QED) is 0.885. The van der Waals surface area contributed by atoms with E-state index in [9.17, 15) is 0 Å². The minimum absolute atomic E-state index is 0.135. The topological polar surface area (TPSA) is 67.6 Å². The summed E-state index contributed by atoms with van der Waals surface area (Å²) >= 11 is 6.14. The summed E-state index contributed by atoms with van der Waals surface area (Å²) in [6.45, 7) is 1.88. The van der Waals surface area contributed by atoms with Crippen LogP contribution in [0.15, 0.2) is 30.7 Å². The van der Waals surface area contributed by atoms with E-state index in [4.69, 9.17) is 22.6 Å². The highest BCUT2D eigenvalue weighted by atomic mass is 35.5. The summed E-state index contributed by atoms with van der Waals surface area (Å²) in [5.74, 6) is 0. The highest BCUT2D eigenvalue weighted by molar-refractivity contribution is 6.32. The molecule has 2 aromatic rings. The van der Waals surface area contributed by atoms with Crippen LogP contribution in [0.25, 0.3) is 5.69 Å². The Bertz CT molecular complexity index is 580. The minimum Gasteiger partial charge on any atom is -0.323 e. The second kappa shape index (κ2) is 4.58. The number of hydrogen-bond donors (Lipinski definition) is 1. The number of rotatable bonds is 2. The maximum Gasteiger partial charge on any atom is 0.0995 e. The SMILES string of the molecule is CC(N)c1cncn1-c1ccc(C#N)cc1Cl. The second-order valence-electron chi connectivity index (χ2n) is 3.76. The van der Waals surface area contributed by atoms with Gasteiger partial charge in [-0.1, -0.05) is 11.6 Å². The summed E-state index contributed by atoms with van der Waals surface area (Å²) in [6.07, 6.45) is 3.37. The van der Waals surface area contributed by atoms with Gasteiger partial charge >= 0.3 is 0 Å². The number of hydrogen-bond acceptors (Lipinski definition) is 3. The smallest absolute Gasteiger partial charge is 0.0995 e. The molecule has 86 valence electrons. The Balaban J connectivity index is 2.54. The highest BCUT2D eigenvalue weighted by Crippen LogP contribution is 2.24. The highest BCUT2D eigenvalue weighted by Gasteiger charge is 2.11. The van der Waals surface area contributed by atoms with Gasteiger partial charge in [-0.3, -0.25) is 0 Å². The molecule has 0 aliphatic rings. The molecule has 0 saturated heterocycles. The number of benzene rings is 1. The van der Waals surface area contributed by atoms with E-state index in [-0.39, 0.29) is 6.04 Å². The lowest BCUT2D eigenvalue weighted by atomic mass is 10.2. The Labute approximate surface area is 104 Å². The van der Waals surface area contributed by atoms with Crippen LogP contribution < -0.4 is 5.73 Å². The van der Waals surface area contributed by atoms with Gasteiger partial charge in [0.1, 0.15) is 0 Å². The Morgan fingerprint density at radius 2 is 2.29 bits per heavy atom. The molecule has 5 heteroatoms. The first-order valence-corrected chi connectivity index (χ1v) is 5.49. The Morgan fingerprint density at radius 1 is 1.53 bits per heavy atom. The van der Waals surface area contributed by atoms with Gasteiger partial charge in [-0.05, 0) is 25.1 Å². The molecule has 0 radical (unpaired) electrons. The lowest BCUT2D eigenvalue weighted by Crippen LogP contribution is -2.10. The fourth-order valence-corrected chi connectivity index (χ4v) is 1.89. The van der Waals surface area contributed by atoms with Crippen LogP contribution in [0, 0.1) is 11.3 Å².